The summed E-state index contributed by atoms with van der Waals surface area (Å²) in [5.74, 6) is 0.863. The molecule has 3 heterocycles. The summed E-state index contributed by atoms with van der Waals surface area (Å²) in [5, 5.41) is 0.267. The zero-order chi connectivity index (χ0) is 20.4. The Balaban J connectivity index is 1.54. The van der Waals surface area contributed by atoms with E-state index in [1.165, 1.54) is 16.5 Å². The zero-order valence-electron chi connectivity index (χ0n) is 16.6. The highest BCUT2D eigenvalue weighted by Crippen LogP contribution is 2.26. The standard InChI is InChI=1S/C23H25N3O3/c1-3-11-26-15-24-21-20(23(26)28)19(16(2)29-21)22(27)25-12-9-18(10-13-25)14-17-7-5-4-6-8-17/h3-8,15,18H,1,9-14H2,2H3. The maximum atomic E-state index is 13.3. The van der Waals surface area contributed by atoms with Crippen LogP contribution in [0.25, 0.3) is 11.1 Å². The highest BCUT2D eigenvalue weighted by atomic mass is 16.3. The van der Waals surface area contributed by atoms with Crippen LogP contribution in [0.15, 0.2) is 58.5 Å². The van der Waals surface area contributed by atoms with Crippen LogP contribution in [-0.2, 0) is 13.0 Å². The van der Waals surface area contributed by atoms with Crippen molar-refractivity contribution in [2.75, 3.05) is 13.1 Å². The van der Waals surface area contributed by atoms with Crippen LogP contribution in [0.3, 0.4) is 0 Å². The van der Waals surface area contributed by atoms with Gasteiger partial charge in [-0.2, -0.15) is 0 Å². The molecule has 1 amide bonds. The van der Waals surface area contributed by atoms with Crippen molar-refractivity contribution in [3.63, 3.8) is 0 Å². The largest absolute Gasteiger partial charge is 0.442 e. The highest BCUT2D eigenvalue weighted by molar-refractivity contribution is 6.06. The van der Waals surface area contributed by atoms with Gasteiger partial charge in [-0.3, -0.25) is 14.2 Å². The van der Waals surface area contributed by atoms with E-state index in [0.29, 0.717) is 36.9 Å². The molecule has 0 atom stereocenters. The molecule has 1 fully saturated rings. The minimum atomic E-state index is -0.269. The number of carbonyl (C=O) groups is 1. The van der Waals surface area contributed by atoms with Crippen LogP contribution in [0.5, 0.6) is 0 Å². The molecular formula is C23H25N3O3. The number of hydrogen-bond donors (Lipinski definition) is 0. The van der Waals surface area contributed by atoms with E-state index in [9.17, 15) is 9.59 Å². The molecule has 150 valence electrons. The van der Waals surface area contributed by atoms with Crippen LogP contribution >= 0.6 is 0 Å². The average Bonchev–Trinajstić information content (AvgIpc) is 3.08. The quantitative estimate of drug-likeness (QED) is 0.624. The molecule has 0 aliphatic carbocycles. The predicted molar refractivity (Wildman–Crippen MR) is 112 cm³/mol. The summed E-state index contributed by atoms with van der Waals surface area (Å²) in [5.41, 5.74) is 1.63. The van der Waals surface area contributed by atoms with Gasteiger partial charge in [0, 0.05) is 19.6 Å². The first kappa shape index (κ1) is 19.2. The summed E-state index contributed by atoms with van der Waals surface area (Å²) in [6.45, 7) is 7.09. The second-order valence-electron chi connectivity index (χ2n) is 7.63. The topological polar surface area (TPSA) is 68.3 Å². The molecule has 0 unspecified atom stereocenters. The molecule has 3 aromatic rings. The van der Waals surface area contributed by atoms with E-state index < -0.39 is 0 Å². The molecule has 2 aromatic heterocycles. The van der Waals surface area contributed by atoms with Crippen LogP contribution in [0.1, 0.15) is 34.5 Å². The molecule has 0 radical (unpaired) electrons. The Morgan fingerprint density at radius 3 is 2.69 bits per heavy atom. The number of fused-ring (bicyclic) bond motifs is 1. The van der Waals surface area contributed by atoms with Gasteiger partial charge < -0.3 is 9.32 Å². The molecule has 1 aliphatic rings. The van der Waals surface area contributed by atoms with E-state index in [0.717, 1.165) is 19.3 Å². The van der Waals surface area contributed by atoms with Crippen molar-refractivity contribution >= 4 is 17.0 Å². The number of aromatic nitrogens is 2. The van der Waals surface area contributed by atoms with Crippen LogP contribution in [-0.4, -0.2) is 33.4 Å². The van der Waals surface area contributed by atoms with Gasteiger partial charge in [-0.05, 0) is 37.7 Å². The lowest BCUT2D eigenvalue weighted by molar-refractivity contribution is 0.0690. The predicted octanol–water partition coefficient (Wildman–Crippen LogP) is 3.58. The van der Waals surface area contributed by atoms with E-state index in [4.69, 9.17) is 4.42 Å². The smallest absolute Gasteiger partial charge is 0.265 e. The summed E-state index contributed by atoms with van der Waals surface area (Å²) in [6.07, 6.45) is 6.00. The Morgan fingerprint density at radius 1 is 1.28 bits per heavy atom. The maximum Gasteiger partial charge on any atom is 0.265 e. The summed E-state index contributed by atoms with van der Waals surface area (Å²) in [4.78, 5) is 32.1. The summed E-state index contributed by atoms with van der Waals surface area (Å²) >= 11 is 0. The first-order valence-corrected chi connectivity index (χ1v) is 10.0. The van der Waals surface area contributed by atoms with Crippen LogP contribution < -0.4 is 5.56 Å². The number of furan rings is 1. The van der Waals surface area contributed by atoms with E-state index in [1.54, 1.807) is 13.0 Å². The fraction of sp³-hybridized carbons (Fsp3) is 0.348. The van der Waals surface area contributed by atoms with Crippen molar-refractivity contribution in [2.45, 2.75) is 32.7 Å². The SMILES string of the molecule is C=CCn1cnc2oc(C)c(C(=O)N3CCC(Cc4ccccc4)CC3)c2c1=O. The number of aryl methyl sites for hydroxylation is 1. The minimum absolute atomic E-state index is 0.144. The van der Waals surface area contributed by atoms with E-state index >= 15 is 0 Å². The normalized spacial score (nSPS) is 15.0. The third-order valence-corrected chi connectivity index (χ3v) is 5.66. The number of rotatable bonds is 5. The van der Waals surface area contributed by atoms with Gasteiger partial charge in [-0.25, -0.2) is 4.98 Å². The van der Waals surface area contributed by atoms with Crippen LogP contribution in [0.2, 0.25) is 0 Å². The first-order valence-electron chi connectivity index (χ1n) is 10.0. The lowest BCUT2D eigenvalue weighted by Gasteiger charge is -2.32. The molecule has 4 rings (SSSR count). The lowest BCUT2D eigenvalue weighted by Crippen LogP contribution is -2.39. The van der Waals surface area contributed by atoms with E-state index in [1.807, 2.05) is 11.0 Å². The fourth-order valence-electron chi connectivity index (χ4n) is 4.11. The Hall–Kier alpha value is -3.15. The zero-order valence-corrected chi connectivity index (χ0v) is 16.6. The molecule has 0 saturated carbocycles. The number of nitrogens with zero attached hydrogens (tertiary/aromatic N) is 3. The van der Waals surface area contributed by atoms with Gasteiger partial charge in [0.15, 0.2) is 0 Å². The van der Waals surface area contributed by atoms with Crippen molar-refractivity contribution < 1.29 is 9.21 Å². The molecule has 1 saturated heterocycles. The van der Waals surface area contributed by atoms with E-state index in [2.05, 4.69) is 35.8 Å². The molecule has 29 heavy (non-hydrogen) atoms. The number of amides is 1. The number of hydrogen-bond acceptors (Lipinski definition) is 4. The third-order valence-electron chi connectivity index (χ3n) is 5.66. The monoisotopic (exact) mass is 391 g/mol. The molecule has 6 nitrogen and oxygen atoms in total. The van der Waals surface area contributed by atoms with E-state index in [-0.39, 0.29) is 22.6 Å². The fourth-order valence-corrected chi connectivity index (χ4v) is 4.11. The number of piperidine rings is 1. The summed E-state index contributed by atoms with van der Waals surface area (Å²) in [7, 11) is 0. The Kier molecular flexibility index (Phi) is 5.34. The number of likely N-dealkylation sites (tertiary alicyclic amines) is 1. The minimum Gasteiger partial charge on any atom is -0.442 e. The van der Waals surface area contributed by atoms with Crippen molar-refractivity contribution in [3.05, 3.63) is 76.6 Å². The Morgan fingerprint density at radius 2 is 2.00 bits per heavy atom. The van der Waals surface area contributed by atoms with Gasteiger partial charge in [0.1, 0.15) is 17.5 Å². The number of allylic oxidation sites excluding steroid dienone is 1. The summed E-state index contributed by atoms with van der Waals surface area (Å²) in [6, 6.07) is 10.5. The average molecular weight is 391 g/mol. The number of carbonyl (C=O) groups excluding carboxylic acids is 1. The van der Waals surface area contributed by atoms with Crippen molar-refractivity contribution in [1.82, 2.24) is 14.5 Å². The van der Waals surface area contributed by atoms with Gasteiger partial charge in [-0.15, -0.1) is 6.58 Å². The molecular weight excluding hydrogens is 366 g/mol. The van der Waals surface area contributed by atoms with Gasteiger partial charge in [0.25, 0.3) is 11.5 Å². The van der Waals surface area contributed by atoms with Gasteiger partial charge in [0.2, 0.25) is 5.71 Å². The molecule has 0 spiro atoms. The first-order chi connectivity index (χ1) is 14.1. The number of benzene rings is 1. The van der Waals surface area contributed by atoms with Gasteiger partial charge >= 0.3 is 0 Å². The van der Waals surface area contributed by atoms with Crippen molar-refractivity contribution in [1.29, 1.82) is 0 Å². The second kappa shape index (κ2) is 8.07. The second-order valence-corrected chi connectivity index (χ2v) is 7.63. The van der Waals surface area contributed by atoms with Gasteiger partial charge in [-0.1, -0.05) is 36.4 Å². The van der Waals surface area contributed by atoms with Crippen LogP contribution in [0, 0.1) is 12.8 Å². The van der Waals surface area contributed by atoms with Crippen molar-refractivity contribution in [3.8, 4) is 0 Å². The van der Waals surface area contributed by atoms with Crippen LogP contribution in [0.4, 0.5) is 0 Å². The Labute approximate surface area is 169 Å². The molecule has 6 heteroatoms. The van der Waals surface area contributed by atoms with Crippen molar-refractivity contribution in [2.24, 2.45) is 5.92 Å². The van der Waals surface area contributed by atoms with Gasteiger partial charge in [0.05, 0.1) is 5.56 Å². The molecule has 0 bridgehead atoms. The molecule has 0 N–H and O–H groups in total. The maximum absolute atomic E-state index is 13.3. The molecule has 1 aromatic carbocycles. The summed E-state index contributed by atoms with van der Waals surface area (Å²) < 4.78 is 7.06. The third kappa shape index (κ3) is 3.75. The molecule has 1 aliphatic heterocycles. The lowest BCUT2D eigenvalue weighted by atomic mass is 9.90. The highest BCUT2D eigenvalue weighted by Gasteiger charge is 2.29. The Bertz CT molecular complexity index is 1090.